The topological polar surface area (TPSA) is 22.1 Å². The second-order valence-corrected chi connectivity index (χ2v) is 6.13. The number of benzene rings is 1. The van der Waals surface area contributed by atoms with Crippen LogP contribution in [-0.4, -0.2) is 4.98 Å². The molecule has 0 saturated carbocycles. The van der Waals surface area contributed by atoms with Crippen molar-refractivity contribution in [2.24, 2.45) is 0 Å². The first-order chi connectivity index (χ1) is 9.10. The Morgan fingerprint density at radius 1 is 1.16 bits per heavy atom. The Labute approximate surface area is 138 Å². The van der Waals surface area contributed by atoms with Crippen LogP contribution in [0.3, 0.4) is 0 Å². The van der Waals surface area contributed by atoms with Crippen molar-refractivity contribution in [3.8, 4) is 5.75 Å². The lowest BCUT2D eigenvalue weighted by Gasteiger charge is -2.12. The number of alkyl halides is 1. The van der Waals surface area contributed by atoms with Gasteiger partial charge in [-0.15, -0.1) is 0 Å². The molecule has 0 atom stereocenters. The van der Waals surface area contributed by atoms with Crippen LogP contribution in [0.4, 0.5) is 0 Å². The van der Waals surface area contributed by atoms with Gasteiger partial charge in [-0.3, -0.25) is 4.98 Å². The molecule has 1 aromatic heterocycles. The van der Waals surface area contributed by atoms with E-state index in [2.05, 4.69) is 36.8 Å². The zero-order valence-electron chi connectivity index (χ0n) is 9.67. The van der Waals surface area contributed by atoms with Crippen LogP contribution in [0.15, 0.2) is 35.1 Å². The van der Waals surface area contributed by atoms with E-state index in [1.165, 1.54) is 0 Å². The number of ether oxygens (including phenoxy) is 1. The molecule has 1 heterocycles. The second kappa shape index (κ2) is 6.93. The lowest BCUT2D eigenvalue weighted by molar-refractivity contribution is 0.303. The fourth-order valence-electron chi connectivity index (χ4n) is 1.56. The molecule has 0 bridgehead atoms. The highest BCUT2D eigenvalue weighted by Crippen LogP contribution is 2.34. The van der Waals surface area contributed by atoms with Crippen molar-refractivity contribution in [2.45, 2.75) is 11.9 Å². The van der Waals surface area contributed by atoms with Crippen LogP contribution in [0, 0.1) is 0 Å². The molecule has 0 fully saturated rings. The summed E-state index contributed by atoms with van der Waals surface area (Å²) in [6.45, 7) is 0.397. The predicted octanol–water partition coefficient (Wildman–Crippen LogP) is 5.62. The van der Waals surface area contributed by atoms with Crippen LogP contribution in [0.5, 0.6) is 5.75 Å². The third kappa shape index (κ3) is 4.09. The Kier molecular flexibility index (Phi) is 5.51. The quantitative estimate of drug-likeness (QED) is 0.592. The Bertz CT molecular complexity index is 593. The fourth-order valence-corrected chi connectivity index (χ4v) is 2.98. The van der Waals surface area contributed by atoms with Crippen LogP contribution in [0.1, 0.15) is 11.1 Å². The van der Waals surface area contributed by atoms with Crippen molar-refractivity contribution in [1.82, 2.24) is 4.98 Å². The third-order valence-corrected chi connectivity index (χ3v) is 3.91. The van der Waals surface area contributed by atoms with Gasteiger partial charge in [0.1, 0.15) is 12.4 Å². The number of pyridine rings is 1. The minimum Gasteiger partial charge on any atom is -0.487 e. The van der Waals surface area contributed by atoms with Gasteiger partial charge in [0.2, 0.25) is 0 Å². The van der Waals surface area contributed by atoms with E-state index in [1.54, 1.807) is 18.5 Å². The molecule has 6 heteroatoms. The monoisotopic (exact) mass is 423 g/mol. The van der Waals surface area contributed by atoms with Gasteiger partial charge in [0.25, 0.3) is 0 Å². The summed E-state index contributed by atoms with van der Waals surface area (Å²) in [6, 6.07) is 5.45. The number of hydrogen-bond acceptors (Lipinski definition) is 2. The molecule has 0 spiro atoms. The predicted molar refractivity (Wildman–Crippen MR) is 85.4 cm³/mol. The first kappa shape index (κ1) is 15.1. The number of rotatable bonds is 4. The first-order valence-corrected chi connectivity index (χ1v) is 8.03. The Balaban J connectivity index is 2.19. The summed E-state index contributed by atoms with van der Waals surface area (Å²) in [7, 11) is 0. The van der Waals surface area contributed by atoms with Gasteiger partial charge in [-0.25, -0.2) is 0 Å². The maximum absolute atomic E-state index is 6.16. The van der Waals surface area contributed by atoms with Crippen LogP contribution in [-0.2, 0) is 11.9 Å². The minimum absolute atomic E-state index is 0.397. The van der Waals surface area contributed by atoms with Gasteiger partial charge in [0.15, 0.2) is 0 Å². The van der Waals surface area contributed by atoms with Crippen molar-refractivity contribution < 1.29 is 4.74 Å². The molecule has 2 aromatic rings. The first-order valence-electron chi connectivity index (χ1n) is 5.36. The maximum atomic E-state index is 6.16. The molecule has 0 radical (unpaired) electrons. The molecule has 0 aliphatic carbocycles. The van der Waals surface area contributed by atoms with Crippen molar-refractivity contribution >= 4 is 55.1 Å². The third-order valence-electron chi connectivity index (χ3n) is 2.37. The van der Waals surface area contributed by atoms with Crippen LogP contribution >= 0.6 is 55.1 Å². The number of aromatic nitrogens is 1. The van der Waals surface area contributed by atoms with Gasteiger partial charge in [-0.1, -0.05) is 39.1 Å². The summed E-state index contributed by atoms with van der Waals surface area (Å²) in [5.41, 5.74) is 1.88. The summed E-state index contributed by atoms with van der Waals surface area (Å²) < 4.78 is 6.69. The van der Waals surface area contributed by atoms with E-state index in [1.807, 2.05) is 12.1 Å². The van der Waals surface area contributed by atoms with Gasteiger partial charge in [0, 0.05) is 38.3 Å². The summed E-state index contributed by atoms with van der Waals surface area (Å²) in [5, 5.41) is 1.72. The van der Waals surface area contributed by atoms with Crippen molar-refractivity contribution in [3.63, 3.8) is 0 Å². The molecular formula is C13H9Br2Cl2NO. The largest absolute Gasteiger partial charge is 0.487 e. The van der Waals surface area contributed by atoms with Crippen LogP contribution < -0.4 is 4.74 Å². The lowest BCUT2D eigenvalue weighted by Crippen LogP contribution is -1.99. The van der Waals surface area contributed by atoms with Gasteiger partial charge in [-0.05, 0) is 34.1 Å². The van der Waals surface area contributed by atoms with E-state index in [0.29, 0.717) is 27.7 Å². The zero-order valence-corrected chi connectivity index (χ0v) is 14.4. The Hall–Kier alpha value is -0.290. The lowest BCUT2D eigenvalue weighted by atomic mass is 10.2. The Morgan fingerprint density at radius 2 is 1.95 bits per heavy atom. The van der Waals surface area contributed by atoms with E-state index < -0.39 is 0 Å². The molecule has 19 heavy (non-hydrogen) atoms. The summed E-state index contributed by atoms with van der Waals surface area (Å²) >= 11 is 18.9. The number of nitrogens with zero attached hydrogens (tertiary/aromatic N) is 1. The molecule has 2 rings (SSSR count). The molecular weight excluding hydrogens is 417 g/mol. The summed E-state index contributed by atoms with van der Waals surface area (Å²) in [6.07, 6.45) is 3.48. The number of hydrogen-bond donors (Lipinski definition) is 0. The van der Waals surface area contributed by atoms with Gasteiger partial charge in [-0.2, -0.15) is 0 Å². The highest BCUT2D eigenvalue weighted by atomic mass is 79.9. The molecule has 0 unspecified atom stereocenters. The molecule has 0 saturated heterocycles. The average molecular weight is 426 g/mol. The molecule has 0 amide bonds. The van der Waals surface area contributed by atoms with E-state index in [9.17, 15) is 0 Å². The Morgan fingerprint density at radius 3 is 2.63 bits per heavy atom. The minimum atomic E-state index is 0.397. The average Bonchev–Trinajstić information content (AvgIpc) is 2.37. The standard InChI is InChI=1S/C13H9Br2Cl2NO/c14-4-9-2-11(16)3-12(17)13(9)19-7-8-1-10(15)6-18-5-8/h1-3,5-6H,4,7H2. The summed E-state index contributed by atoms with van der Waals surface area (Å²) in [5.74, 6) is 0.642. The second-order valence-electron chi connectivity index (χ2n) is 3.81. The van der Waals surface area contributed by atoms with Crippen molar-refractivity contribution in [3.05, 3.63) is 56.2 Å². The molecule has 0 aliphatic rings. The smallest absolute Gasteiger partial charge is 0.142 e. The van der Waals surface area contributed by atoms with Crippen LogP contribution in [0.2, 0.25) is 10.0 Å². The molecule has 0 aliphatic heterocycles. The maximum Gasteiger partial charge on any atom is 0.142 e. The summed E-state index contributed by atoms with van der Waals surface area (Å²) in [4.78, 5) is 4.09. The van der Waals surface area contributed by atoms with E-state index in [0.717, 1.165) is 15.6 Å². The van der Waals surface area contributed by atoms with Gasteiger partial charge >= 0.3 is 0 Å². The molecule has 100 valence electrons. The van der Waals surface area contributed by atoms with Gasteiger partial charge < -0.3 is 4.74 Å². The zero-order chi connectivity index (χ0) is 13.8. The van der Waals surface area contributed by atoms with Crippen molar-refractivity contribution in [1.29, 1.82) is 0 Å². The van der Waals surface area contributed by atoms with E-state index in [4.69, 9.17) is 27.9 Å². The molecule has 2 nitrogen and oxygen atoms in total. The molecule has 1 aromatic carbocycles. The van der Waals surface area contributed by atoms with Crippen LogP contribution in [0.25, 0.3) is 0 Å². The molecule has 0 N–H and O–H groups in total. The normalized spacial score (nSPS) is 10.5. The van der Waals surface area contributed by atoms with E-state index >= 15 is 0 Å². The SMILES string of the molecule is Clc1cc(Cl)c(OCc2cncc(Br)c2)c(CBr)c1. The van der Waals surface area contributed by atoms with E-state index in [-0.39, 0.29) is 0 Å². The number of halogens is 4. The fraction of sp³-hybridized carbons (Fsp3) is 0.154. The highest BCUT2D eigenvalue weighted by Gasteiger charge is 2.10. The van der Waals surface area contributed by atoms with Gasteiger partial charge in [0.05, 0.1) is 5.02 Å². The van der Waals surface area contributed by atoms with Crippen molar-refractivity contribution in [2.75, 3.05) is 0 Å². The highest BCUT2D eigenvalue weighted by molar-refractivity contribution is 9.10.